The van der Waals surface area contributed by atoms with E-state index in [-0.39, 0.29) is 5.82 Å². The smallest absolute Gasteiger partial charge is 0.342 e. The van der Waals surface area contributed by atoms with E-state index >= 15 is 0 Å². The number of hydrogen-bond acceptors (Lipinski definition) is 5. The van der Waals surface area contributed by atoms with E-state index in [9.17, 15) is 9.18 Å². The highest BCUT2D eigenvalue weighted by Gasteiger charge is 2.25. The summed E-state index contributed by atoms with van der Waals surface area (Å²) in [4.78, 5) is 17.7. The van der Waals surface area contributed by atoms with Crippen LogP contribution in [0.15, 0.2) is 36.5 Å². The number of pyridine rings is 1. The Kier molecular flexibility index (Phi) is 4.97. The molecule has 0 aliphatic carbocycles. The molecule has 0 saturated carbocycles. The number of anilines is 2. The number of benzene rings is 1. The Labute approximate surface area is 162 Å². The van der Waals surface area contributed by atoms with Crippen molar-refractivity contribution in [1.29, 1.82) is 0 Å². The summed E-state index contributed by atoms with van der Waals surface area (Å²) in [5.74, 6) is -0.840. The van der Waals surface area contributed by atoms with Gasteiger partial charge in [0, 0.05) is 15.2 Å². The fourth-order valence-electron chi connectivity index (χ4n) is 2.27. The van der Waals surface area contributed by atoms with E-state index in [0.717, 1.165) is 3.57 Å². The van der Waals surface area contributed by atoms with Crippen LogP contribution in [0.25, 0.3) is 10.2 Å². The minimum atomic E-state index is -0.626. The number of thiophene rings is 1. The van der Waals surface area contributed by atoms with Gasteiger partial charge >= 0.3 is 5.97 Å². The molecular weight excluding hydrogens is 454 g/mol. The van der Waals surface area contributed by atoms with Gasteiger partial charge in [0.05, 0.1) is 5.69 Å². The number of carbonyl (C=O) groups excluding carboxylic acids is 1. The van der Waals surface area contributed by atoms with Crippen LogP contribution < -0.4 is 5.32 Å². The number of aromatic nitrogens is 1. The standard InChI is InChI=1S/C18H16FIN2O2S/c1-18(2,3)24-17(23)14-11-5-4-8-21-15(11)25-16(14)22-13-7-6-10(20)9-12(13)19/h4-9,22H,1-3H3. The van der Waals surface area contributed by atoms with Gasteiger partial charge in [-0.1, -0.05) is 11.3 Å². The maximum Gasteiger partial charge on any atom is 0.342 e. The van der Waals surface area contributed by atoms with E-state index in [1.165, 1.54) is 17.4 Å². The quantitative estimate of drug-likeness (QED) is 0.392. The van der Waals surface area contributed by atoms with Crippen LogP contribution in [0, 0.1) is 9.39 Å². The Morgan fingerprint density at radius 2 is 2.08 bits per heavy atom. The highest BCUT2D eigenvalue weighted by molar-refractivity contribution is 14.1. The van der Waals surface area contributed by atoms with Crippen LogP contribution in [0.4, 0.5) is 15.1 Å². The maximum absolute atomic E-state index is 14.2. The number of rotatable bonds is 3. The van der Waals surface area contributed by atoms with Crippen molar-refractivity contribution in [2.24, 2.45) is 0 Å². The first kappa shape index (κ1) is 18.1. The third-order valence-electron chi connectivity index (χ3n) is 3.25. The lowest BCUT2D eigenvalue weighted by Crippen LogP contribution is -2.24. The predicted molar refractivity (Wildman–Crippen MR) is 107 cm³/mol. The van der Waals surface area contributed by atoms with E-state index in [4.69, 9.17) is 4.74 Å². The number of halogens is 2. The van der Waals surface area contributed by atoms with E-state index in [1.54, 1.807) is 24.4 Å². The summed E-state index contributed by atoms with van der Waals surface area (Å²) in [7, 11) is 0. The molecule has 0 saturated heterocycles. The van der Waals surface area contributed by atoms with E-state index in [2.05, 4.69) is 10.3 Å². The number of nitrogens with zero attached hydrogens (tertiary/aromatic N) is 1. The lowest BCUT2D eigenvalue weighted by atomic mass is 10.1. The van der Waals surface area contributed by atoms with Crippen molar-refractivity contribution >= 4 is 60.8 Å². The van der Waals surface area contributed by atoms with Crippen molar-refractivity contribution < 1.29 is 13.9 Å². The first-order valence-electron chi connectivity index (χ1n) is 7.57. The van der Waals surface area contributed by atoms with Crippen molar-refractivity contribution in [3.8, 4) is 0 Å². The number of carbonyl (C=O) groups is 1. The molecule has 2 aromatic heterocycles. The lowest BCUT2D eigenvalue weighted by Gasteiger charge is -2.20. The highest BCUT2D eigenvalue weighted by Crippen LogP contribution is 2.38. The number of fused-ring (bicyclic) bond motifs is 1. The molecular formula is C18H16FIN2O2S. The third-order valence-corrected chi connectivity index (χ3v) is 4.95. The van der Waals surface area contributed by atoms with Gasteiger partial charge < -0.3 is 10.1 Å². The van der Waals surface area contributed by atoms with Gasteiger partial charge in [0.25, 0.3) is 0 Å². The van der Waals surface area contributed by atoms with Crippen molar-refractivity contribution in [2.75, 3.05) is 5.32 Å². The largest absolute Gasteiger partial charge is 0.456 e. The zero-order valence-corrected chi connectivity index (χ0v) is 16.9. The summed E-state index contributed by atoms with van der Waals surface area (Å²) >= 11 is 3.34. The van der Waals surface area contributed by atoms with Gasteiger partial charge in [-0.05, 0) is 73.7 Å². The number of ether oxygens (including phenoxy) is 1. The average molecular weight is 470 g/mol. The van der Waals surface area contributed by atoms with Gasteiger partial charge in [-0.15, -0.1) is 0 Å². The van der Waals surface area contributed by atoms with Crippen molar-refractivity contribution in [1.82, 2.24) is 4.98 Å². The first-order valence-corrected chi connectivity index (χ1v) is 9.47. The van der Waals surface area contributed by atoms with Gasteiger partial charge in [0.2, 0.25) is 0 Å². The number of nitrogens with one attached hydrogen (secondary N) is 1. The minimum Gasteiger partial charge on any atom is -0.456 e. The summed E-state index contributed by atoms with van der Waals surface area (Å²) in [5.41, 5.74) is 0.0524. The predicted octanol–water partition coefficient (Wildman–Crippen LogP) is 5.74. The lowest BCUT2D eigenvalue weighted by molar-refractivity contribution is 0.00734. The Hall–Kier alpha value is -1.74. The van der Waals surface area contributed by atoms with Crippen LogP contribution in [0.5, 0.6) is 0 Å². The van der Waals surface area contributed by atoms with Crippen molar-refractivity contribution in [2.45, 2.75) is 26.4 Å². The SMILES string of the molecule is CC(C)(C)OC(=O)c1c(Nc2ccc(I)cc2F)sc2ncccc12. The molecule has 3 aromatic rings. The molecule has 7 heteroatoms. The molecule has 0 atom stereocenters. The molecule has 25 heavy (non-hydrogen) atoms. The molecule has 0 amide bonds. The van der Waals surface area contributed by atoms with Crippen LogP contribution in [0.3, 0.4) is 0 Å². The second kappa shape index (κ2) is 6.87. The zero-order chi connectivity index (χ0) is 18.2. The molecule has 0 radical (unpaired) electrons. The Morgan fingerprint density at radius 3 is 2.76 bits per heavy atom. The maximum atomic E-state index is 14.2. The molecule has 0 aliphatic heterocycles. The van der Waals surface area contributed by atoms with Crippen LogP contribution in [-0.4, -0.2) is 16.6 Å². The van der Waals surface area contributed by atoms with Gasteiger partial charge in [0.1, 0.15) is 26.8 Å². The van der Waals surface area contributed by atoms with Gasteiger partial charge in [0.15, 0.2) is 0 Å². The van der Waals surface area contributed by atoms with Crippen molar-refractivity contribution in [3.05, 3.63) is 51.5 Å². The molecule has 4 nitrogen and oxygen atoms in total. The second-order valence-electron chi connectivity index (χ2n) is 6.41. The fraction of sp³-hybridized carbons (Fsp3) is 0.222. The van der Waals surface area contributed by atoms with Gasteiger partial charge in [-0.25, -0.2) is 14.2 Å². The Bertz CT molecular complexity index is 950. The molecule has 0 unspecified atom stereocenters. The summed E-state index contributed by atoms with van der Waals surface area (Å²) in [5, 5.41) is 4.23. The highest BCUT2D eigenvalue weighted by atomic mass is 127. The third kappa shape index (κ3) is 4.09. The summed E-state index contributed by atoms with van der Waals surface area (Å²) in [6.45, 7) is 5.43. The number of hydrogen-bond donors (Lipinski definition) is 1. The molecule has 1 N–H and O–H groups in total. The van der Waals surface area contributed by atoms with Gasteiger partial charge in [-0.2, -0.15) is 0 Å². The Morgan fingerprint density at radius 1 is 1.32 bits per heavy atom. The summed E-state index contributed by atoms with van der Waals surface area (Å²) in [6.07, 6.45) is 1.66. The van der Waals surface area contributed by atoms with Crippen LogP contribution in [0.1, 0.15) is 31.1 Å². The Balaban J connectivity index is 2.08. The molecule has 0 bridgehead atoms. The van der Waals surface area contributed by atoms with Crippen molar-refractivity contribution in [3.63, 3.8) is 0 Å². The topological polar surface area (TPSA) is 51.2 Å². The van der Waals surface area contributed by atoms with E-state index in [0.29, 0.717) is 26.5 Å². The molecule has 3 rings (SSSR count). The normalized spacial score (nSPS) is 11.6. The molecule has 0 spiro atoms. The van der Waals surface area contributed by atoms with E-state index < -0.39 is 11.6 Å². The first-order chi connectivity index (χ1) is 11.7. The molecule has 0 fully saturated rings. The molecule has 1 aromatic carbocycles. The minimum absolute atomic E-state index is 0.303. The average Bonchev–Trinajstić information content (AvgIpc) is 2.86. The fourth-order valence-corrected chi connectivity index (χ4v) is 3.76. The summed E-state index contributed by atoms with van der Waals surface area (Å²) < 4.78 is 20.5. The van der Waals surface area contributed by atoms with Crippen LogP contribution in [-0.2, 0) is 4.74 Å². The molecule has 2 heterocycles. The molecule has 130 valence electrons. The summed E-state index contributed by atoms with van der Waals surface area (Å²) in [6, 6.07) is 8.45. The molecule has 0 aliphatic rings. The zero-order valence-electron chi connectivity index (χ0n) is 13.9. The van der Waals surface area contributed by atoms with Crippen LogP contribution in [0.2, 0.25) is 0 Å². The van der Waals surface area contributed by atoms with E-state index in [1.807, 2.05) is 49.4 Å². The van der Waals surface area contributed by atoms with Crippen LogP contribution >= 0.6 is 33.9 Å². The number of esters is 1. The monoisotopic (exact) mass is 470 g/mol. The van der Waals surface area contributed by atoms with Gasteiger partial charge in [-0.3, -0.25) is 0 Å². The second-order valence-corrected chi connectivity index (χ2v) is 8.66.